The Balaban J connectivity index is 1.46. The van der Waals surface area contributed by atoms with Crippen molar-refractivity contribution >= 4 is 34.2 Å². The Morgan fingerprint density at radius 3 is 2.37 bits per heavy atom. The lowest BCUT2D eigenvalue weighted by Crippen LogP contribution is -2.14. The lowest BCUT2D eigenvalue weighted by atomic mass is 10.1. The minimum Gasteiger partial charge on any atom is -0.326 e. The Morgan fingerprint density at radius 2 is 1.63 bits per heavy atom. The van der Waals surface area contributed by atoms with Crippen LogP contribution in [0.15, 0.2) is 66.7 Å². The molecule has 5 nitrogen and oxygen atoms in total. The van der Waals surface area contributed by atoms with Gasteiger partial charge >= 0.3 is 0 Å². The number of carbonyl (C=O) groups is 1. The molecule has 0 bridgehead atoms. The number of hydrogen-bond donors (Lipinski definition) is 1. The number of fused-ring (bicyclic) bond motifs is 1. The van der Waals surface area contributed by atoms with Gasteiger partial charge in [0.05, 0.1) is 12.1 Å². The molecule has 152 valence electrons. The van der Waals surface area contributed by atoms with Gasteiger partial charge in [0.1, 0.15) is 11.0 Å². The second-order valence-electron chi connectivity index (χ2n) is 7.31. The quantitative estimate of drug-likeness (QED) is 0.425. The molecular weight excluding hydrogens is 396 g/mol. The molecule has 4 aromatic rings. The second kappa shape index (κ2) is 9.09. The zero-order valence-corrected chi connectivity index (χ0v) is 17.6. The van der Waals surface area contributed by atoms with Crippen molar-refractivity contribution in [2.24, 2.45) is 0 Å². The summed E-state index contributed by atoms with van der Waals surface area (Å²) < 4.78 is 0. The van der Waals surface area contributed by atoms with Crippen LogP contribution < -0.4 is 5.32 Å². The van der Waals surface area contributed by atoms with Gasteiger partial charge in [-0.1, -0.05) is 49.2 Å². The first-order valence-corrected chi connectivity index (χ1v) is 10.5. The summed E-state index contributed by atoms with van der Waals surface area (Å²) in [7, 11) is 0. The fraction of sp³-hybridized carbons (Fsp3) is 0.208. The van der Waals surface area contributed by atoms with Crippen LogP contribution in [0.4, 0.5) is 5.69 Å². The molecule has 3 aromatic carbocycles. The van der Waals surface area contributed by atoms with Crippen LogP contribution in [0.5, 0.6) is 0 Å². The fourth-order valence-corrected chi connectivity index (χ4v) is 3.40. The van der Waals surface area contributed by atoms with Crippen LogP contribution in [-0.4, -0.2) is 20.9 Å². The molecule has 1 amide bonds. The number of amides is 1. The molecule has 0 aliphatic rings. The first-order chi connectivity index (χ1) is 14.6. The van der Waals surface area contributed by atoms with Crippen LogP contribution in [0, 0.1) is 0 Å². The second-order valence-corrected chi connectivity index (χ2v) is 7.75. The number of halogens is 1. The highest BCUT2D eigenvalue weighted by Crippen LogP contribution is 2.19. The van der Waals surface area contributed by atoms with Crippen LogP contribution in [0.3, 0.4) is 0 Å². The molecule has 0 radical (unpaired) electrons. The van der Waals surface area contributed by atoms with E-state index in [1.807, 2.05) is 42.5 Å². The summed E-state index contributed by atoms with van der Waals surface area (Å²) >= 11 is 5.89. The van der Waals surface area contributed by atoms with Crippen molar-refractivity contribution < 1.29 is 4.79 Å². The monoisotopic (exact) mass is 418 g/mol. The molecule has 0 spiro atoms. The molecule has 0 atom stereocenters. The van der Waals surface area contributed by atoms with E-state index >= 15 is 0 Å². The van der Waals surface area contributed by atoms with Gasteiger partial charge in [-0.3, -0.25) is 4.79 Å². The van der Waals surface area contributed by atoms with Crippen molar-refractivity contribution in [1.82, 2.24) is 15.0 Å². The Bertz CT molecular complexity index is 1150. The molecule has 30 heavy (non-hydrogen) atoms. The third-order valence-corrected chi connectivity index (χ3v) is 5.18. The van der Waals surface area contributed by atoms with E-state index in [-0.39, 0.29) is 12.3 Å². The van der Waals surface area contributed by atoms with E-state index in [4.69, 9.17) is 11.6 Å². The van der Waals surface area contributed by atoms with E-state index in [9.17, 15) is 4.79 Å². The summed E-state index contributed by atoms with van der Waals surface area (Å²) in [4.78, 5) is 14.0. The number of rotatable bonds is 7. The first kappa shape index (κ1) is 20.1. The number of benzene rings is 3. The Morgan fingerprint density at radius 1 is 0.933 bits per heavy atom. The zero-order chi connectivity index (χ0) is 20.9. The van der Waals surface area contributed by atoms with Crippen LogP contribution in [0.1, 0.15) is 30.9 Å². The van der Waals surface area contributed by atoms with E-state index in [2.05, 4.69) is 34.6 Å². The van der Waals surface area contributed by atoms with E-state index in [0.29, 0.717) is 10.7 Å². The van der Waals surface area contributed by atoms with Gasteiger partial charge < -0.3 is 5.32 Å². The van der Waals surface area contributed by atoms with Crippen molar-refractivity contribution in [3.05, 3.63) is 82.9 Å². The topological polar surface area (TPSA) is 59.8 Å². The summed E-state index contributed by atoms with van der Waals surface area (Å²) in [5.41, 5.74) is 5.35. The summed E-state index contributed by atoms with van der Waals surface area (Å²) in [6.07, 6.45) is 3.75. The smallest absolute Gasteiger partial charge is 0.228 e. The Kier molecular flexibility index (Phi) is 6.10. The minimum absolute atomic E-state index is 0.0910. The first-order valence-electron chi connectivity index (χ1n) is 10.1. The van der Waals surface area contributed by atoms with Crippen LogP contribution in [0.2, 0.25) is 5.02 Å². The van der Waals surface area contributed by atoms with E-state index in [0.717, 1.165) is 28.7 Å². The van der Waals surface area contributed by atoms with Crippen molar-refractivity contribution in [1.29, 1.82) is 0 Å². The summed E-state index contributed by atoms with van der Waals surface area (Å²) in [6, 6.07) is 21.2. The predicted octanol–water partition coefficient (Wildman–Crippen LogP) is 5.60. The van der Waals surface area contributed by atoms with Gasteiger partial charge in [0, 0.05) is 10.7 Å². The van der Waals surface area contributed by atoms with Gasteiger partial charge in [-0.2, -0.15) is 4.80 Å². The maximum atomic E-state index is 12.4. The molecule has 1 N–H and O–H groups in total. The minimum atomic E-state index is -0.0910. The molecule has 0 aliphatic carbocycles. The number of aromatic nitrogens is 3. The number of nitrogens with one attached hydrogen (secondary N) is 1. The fourth-order valence-electron chi connectivity index (χ4n) is 3.28. The van der Waals surface area contributed by atoms with E-state index in [1.54, 1.807) is 16.9 Å². The maximum Gasteiger partial charge on any atom is 0.228 e. The Hall–Kier alpha value is -3.18. The molecular formula is C24H23ClN4O. The van der Waals surface area contributed by atoms with Gasteiger partial charge in [0.15, 0.2) is 0 Å². The van der Waals surface area contributed by atoms with Crippen LogP contribution >= 0.6 is 11.6 Å². The molecule has 6 heteroatoms. The van der Waals surface area contributed by atoms with Gasteiger partial charge in [-0.05, 0) is 66.4 Å². The van der Waals surface area contributed by atoms with E-state index < -0.39 is 0 Å². The summed E-state index contributed by atoms with van der Waals surface area (Å²) in [5.74, 6) is -0.0910. The largest absolute Gasteiger partial charge is 0.326 e. The maximum absolute atomic E-state index is 12.4. The predicted molar refractivity (Wildman–Crippen MR) is 121 cm³/mol. The summed E-state index contributed by atoms with van der Waals surface area (Å²) in [6.45, 7) is 2.20. The molecule has 1 heterocycles. The molecule has 1 aromatic heterocycles. The molecule has 0 saturated carbocycles. The molecule has 0 aliphatic heterocycles. The van der Waals surface area contributed by atoms with Gasteiger partial charge in [0.25, 0.3) is 0 Å². The van der Waals surface area contributed by atoms with Crippen molar-refractivity contribution in [3.8, 4) is 5.69 Å². The Labute approximate surface area is 180 Å². The van der Waals surface area contributed by atoms with Gasteiger partial charge in [-0.25, -0.2) is 0 Å². The third-order valence-electron chi connectivity index (χ3n) is 4.93. The number of nitrogens with zero attached hydrogens (tertiary/aromatic N) is 3. The van der Waals surface area contributed by atoms with Crippen molar-refractivity contribution in [2.45, 2.75) is 32.6 Å². The molecule has 0 unspecified atom stereocenters. The van der Waals surface area contributed by atoms with Crippen LogP contribution in [-0.2, 0) is 17.6 Å². The molecule has 0 fully saturated rings. The number of unbranched alkanes of at least 4 members (excludes halogenated alkanes) is 1. The standard InChI is InChI=1S/C24H23ClN4O/c1-2-3-4-17-7-12-21(13-8-17)29-27-22-14-11-20(16-23(22)28-29)26-24(30)15-18-5-9-19(25)10-6-18/h5-14,16H,2-4,15H2,1H3,(H,26,30). The highest BCUT2D eigenvalue weighted by atomic mass is 35.5. The lowest BCUT2D eigenvalue weighted by molar-refractivity contribution is -0.115. The number of aryl methyl sites for hydroxylation is 1. The average molecular weight is 419 g/mol. The highest BCUT2D eigenvalue weighted by molar-refractivity contribution is 6.30. The lowest BCUT2D eigenvalue weighted by Gasteiger charge is -2.05. The highest BCUT2D eigenvalue weighted by Gasteiger charge is 2.09. The number of hydrogen-bond acceptors (Lipinski definition) is 3. The third kappa shape index (κ3) is 4.86. The molecule has 4 rings (SSSR count). The van der Waals surface area contributed by atoms with Crippen molar-refractivity contribution in [3.63, 3.8) is 0 Å². The molecule has 0 saturated heterocycles. The number of anilines is 1. The normalized spacial score (nSPS) is 11.0. The van der Waals surface area contributed by atoms with Gasteiger partial charge in [0.2, 0.25) is 5.91 Å². The summed E-state index contributed by atoms with van der Waals surface area (Å²) in [5, 5.41) is 12.7. The van der Waals surface area contributed by atoms with Crippen LogP contribution in [0.25, 0.3) is 16.7 Å². The van der Waals surface area contributed by atoms with Crippen molar-refractivity contribution in [2.75, 3.05) is 5.32 Å². The zero-order valence-electron chi connectivity index (χ0n) is 16.8. The van der Waals surface area contributed by atoms with Gasteiger partial charge in [-0.15, -0.1) is 10.2 Å². The number of carbonyl (C=O) groups excluding carboxylic acids is 1. The average Bonchev–Trinajstić information content (AvgIpc) is 3.17. The SMILES string of the molecule is CCCCc1ccc(-n2nc3ccc(NC(=O)Cc4ccc(Cl)cc4)cc3n2)cc1. The van der Waals surface area contributed by atoms with E-state index in [1.165, 1.54) is 18.4 Å².